The predicted molar refractivity (Wildman–Crippen MR) is 49.8 cm³/mol. The minimum atomic E-state index is -0.412. The van der Waals surface area contributed by atoms with E-state index in [1.54, 1.807) is 12.3 Å². The average molecular weight is 180 g/mol. The molecular weight excluding hydrogens is 168 g/mol. The molecular formula is C8H12N4O. The van der Waals surface area contributed by atoms with Crippen molar-refractivity contribution in [1.82, 2.24) is 4.98 Å². The molecule has 13 heavy (non-hydrogen) atoms. The number of rotatable bonds is 4. The van der Waals surface area contributed by atoms with E-state index in [9.17, 15) is 4.79 Å². The number of hydrogen-bond donors (Lipinski definition) is 3. The summed E-state index contributed by atoms with van der Waals surface area (Å²) >= 11 is 0. The third kappa shape index (κ3) is 3.08. The van der Waals surface area contributed by atoms with E-state index in [0.717, 1.165) is 5.56 Å². The Bertz CT molecular complexity index is 283. The van der Waals surface area contributed by atoms with Gasteiger partial charge in [0.1, 0.15) is 5.82 Å². The molecule has 1 amide bonds. The first-order valence-electron chi connectivity index (χ1n) is 3.89. The number of hydrogen-bond acceptors (Lipinski definition) is 4. The van der Waals surface area contributed by atoms with E-state index in [0.29, 0.717) is 12.4 Å². The van der Waals surface area contributed by atoms with Crippen LogP contribution in [-0.2, 0) is 11.3 Å². The highest BCUT2D eigenvalue weighted by atomic mass is 16.1. The van der Waals surface area contributed by atoms with Crippen LogP contribution in [-0.4, -0.2) is 17.4 Å². The second kappa shape index (κ2) is 4.42. The maximum atomic E-state index is 10.4. The maximum absolute atomic E-state index is 10.4. The molecule has 0 bridgehead atoms. The number of amides is 1. The first-order chi connectivity index (χ1) is 6.22. The summed E-state index contributed by atoms with van der Waals surface area (Å²) in [6.07, 6.45) is 1.66. The number of anilines is 1. The molecule has 1 aromatic rings. The Morgan fingerprint density at radius 2 is 2.31 bits per heavy atom. The highest BCUT2D eigenvalue weighted by molar-refractivity contribution is 5.78. The van der Waals surface area contributed by atoms with Crippen LogP contribution in [0.3, 0.4) is 0 Å². The van der Waals surface area contributed by atoms with Crippen molar-refractivity contribution in [2.75, 3.05) is 11.9 Å². The lowest BCUT2D eigenvalue weighted by Crippen LogP contribution is -2.22. The molecule has 1 heterocycles. The Hall–Kier alpha value is -1.62. The lowest BCUT2D eigenvalue weighted by Gasteiger charge is -2.02. The zero-order chi connectivity index (χ0) is 9.68. The number of carbonyl (C=O) groups excluding carboxylic acids is 1. The number of carbonyl (C=O) groups is 1. The van der Waals surface area contributed by atoms with Gasteiger partial charge in [-0.05, 0) is 11.6 Å². The van der Waals surface area contributed by atoms with Gasteiger partial charge in [-0.1, -0.05) is 6.07 Å². The summed E-state index contributed by atoms with van der Waals surface area (Å²) in [7, 11) is 0. The molecule has 0 saturated heterocycles. The summed E-state index contributed by atoms with van der Waals surface area (Å²) in [5.41, 5.74) is 11.3. The molecule has 1 aromatic heterocycles. The van der Waals surface area contributed by atoms with Gasteiger partial charge < -0.3 is 16.8 Å². The van der Waals surface area contributed by atoms with Crippen LogP contribution in [0, 0.1) is 0 Å². The number of nitrogens with two attached hydrogens (primary N) is 2. The van der Waals surface area contributed by atoms with Gasteiger partial charge in [-0.15, -0.1) is 0 Å². The molecule has 5 nitrogen and oxygen atoms in total. The number of aromatic nitrogens is 1. The number of pyridine rings is 1. The SMILES string of the molecule is NCc1ccc(NCC(N)=O)nc1. The summed E-state index contributed by atoms with van der Waals surface area (Å²) in [6, 6.07) is 3.60. The topological polar surface area (TPSA) is 94.0 Å². The molecule has 0 aliphatic carbocycles. The van der Waals surface area contributed by atoms with Crippen molar-refractivity contribution < 1.29 is 4.79 Å². The number of nitrogens with one attached hydrogen (secondary N) is 1. The Morgan fingerprint density at radius 3 is 2.77 bits per heavy atom. The molecule has 0 atom stereocenters. The summed E-state index contributed by atoms with van der Waals surface area (Å²) < 4.78 is 0. The van der Waals surface area contributed by atoms with Gasteiger partial charge in [0, 0.05) is 12.7 Å². The quantitative estimate of drug-likeness (QED) is 0.578. The molecule has 0 fully saturated rings. The molecule has 5 heteroatoms. The van der Waals surface area contributed by atoms with Gasteiger partial charge >= 0.3 is 0 Å². The largest absolute Gasteiger partial charge is 0.368 e. The van der Waals surface area contributed by atoms with Crippen LogP contribution in [0.1, 0.15) is 5.56 Å². The minimum Gasteiger partial charge on any atom is -0.368 e. The monoisotopic (exact) mass is 180 g/mol. The van der Waals surface area contributed by atoms with Crippen molar-refractivity contribution in [3.63, 3.8) is 0 Å². The van der Waals surface area contributed by atoms with E-state index in [-0.39, 0.29) is 6.54 Å². The molecule has 0 aliphatic rings. The second-order valence-corrected chi connectivity index (χ2v) is 2.58. The van der Waals surface area contributed by atoms with Gasteiger partial charge in [-0.2, -0.15) is 0 Å². The number of nitrogens with zero attached hydrogens (tertiary/aromatic N) is 1. The number of primary amides is 1. The molecule has 0 aliphatic heterocycles. The van der Waals surface area contributed by atoms with E-state index in [1.165, 1.54) is 0 Å². The van der Waals surface area contributed by atoms with Crippen LogP contribution in [0.15, 0.2) is 18.3 Å². The minimum absolute atomic E-state index is 0.0922. The Morgan fingerprint density at radius 1 is 1.54 bits per heavy atom. The fourth-order valence-electron chi connectivity index (χ4n) is 0.827. The molecule has 1 rings (SSSR count). The molecule has 70 valence electrons. The van der Waals surface area contributed by atoms with Gasteiger partial charge in [0.15, 0.2) is 0 Å². The zero-order valence-corrected chi connectivity index (χ0v) is 7.16. The van der Waals surface area contributed by atoms with Gasteiger partial charge in [0.2, 0.25) is 5.91 Å². The second-order valence-electron chi connectivity index (χ2n) is 2.58. The summed E-state index contributed by atoms with van der Waals surface area (Å²) in [4.78, 5) is 14.4. The molecule has 0 unspecified atom stereocenters. The molecule has 0 radical (unpaired) electrons. The fourth-order valence-corrected chi connectivity index (χ4v) is 0.827. The standard InChI is InChI=1S/C8H12N4O/c9-3-6-1-2-8(11-4-6)12-5-7(10)13/h1-2,4H,3,5,9H2,(H2,10,13)(H,11,12). The van der Waals surface area contributed by atoms with E-state index in [1.807, 2.05) is 6.07 Å². The first-order valence-corrected chi connectivity index (χ1v) is 3.89. The van der Waals surface area contributed by atoms with Crippen molar-refractivity contribution in [1.29, 1.82) is 0 Å². The van der Waals surface area contributed by atoms with Crippen LogP contribution in [0.2, 0.25) is 0 Å². The summed E-state index contributed by atoms with van der Waals surface area (Å²) in [5.74, 6) is 0.209. The van der Waals surface area contributed by atoms with E-state index >= 15 is 0 Å². The van der Waals surface area contributed by atoms with Crippen LogP contribution < -0.4 is 16.8 Å². The van der Waals surface area contributed by atoms with Crippen molar-refractivity contribution in [2.24, 2.45) is 11.5 Å². The van der Waals surface area contributed by atoms with Gasteiger partial charge in [0.25, 0.3) is 0 Å². The Labute approximate surface area is 76.1 Å². The van der Waals surface area contributed by atoms with Crippen LogP contribution in [0.4, 0.5) is 5.82 Å². The normalized spacial score (nSPS) is 9.62. The smallest absolute Gasteiger partial charge is 0.236 e. The fraction of sp³-hybridized carbons (Fsp3) is 0.250. The van der Waals surface area contributed by atoms with Crippen molar-refractivity contribution >= 4 is 11.7 Å². The first kappa shape index (κ1) is 9.47. The molecule has 5 N–H and O–H groups in total. The highest BCUT2D eigenvalue weighted by Gasteiger charge is 1.96. The van der Waals surface area contributed by atoms with E-state index in [4.69, 9.17) is 11.5 Å². The van der Waals surface area contributed by atoms with Gasteiger partial charge in [-0.3, -0.25) is 4.79 Å². The summed E-state index contributed by atoms with van der Waals surface area (Å²) in [6.45, 7) is 0.554. The lowest BCUT2D eigenvalue weighted by molar-refractivity contribution is -0.116. The average Bonchev–Trinajstić information content (AvgIpc) is 2.15. The van der Waals surface area contributed by atoms with E-state index in [2.05, 4.69) is 10.3 Å². The predicted octanol–water partition coefficient (Wildman–Crippen LogP) is -0.563. The van der Waals surface area contributed by atoms with Crippen molar-refractivity contribution in [3.8, 4) is 0 Å². The highest BCUT2D eigenvalue weighted by Crippen LogP contribution is 2.03. The van der Waals surface area contributed by atoms with Gasteiger partial charge in [-0.25, -0.2) is 4.98 Å². The third-order valence-electron chi connectivity index (χ3n) is 1.50. The van der Waals surface area contributed by atoms with Crippen LogP contribution in [0.5, 0.6) is 0 Å². The zero-order valence-electron chi connectivity index (χ0n) is 7.16. The van der Waals surface area contributed by atoms with Crippen LogP contribution >= 0.6 is 0 Å². The van der Waals surface area contributed by atoms with Crippen molar-refractivity contribution in [3.05, 3.63) is 23.9 Å². The maximum Gasteiger partial charge on any atom is 0.236 e. The Kier molecular flexibility index (Phi) is 3.22. The lowest BCUT2D eigenvalue weighted by atomic mass is 10.3. The van der Waals surface area contributed by atoms with Gasteiger partial charge in [0.05, 0.1) is 6.54 Å². The summed E-state index contributed by atoms with van der Waals surface area (Å²) in [5, 5.41) is 2.77. The van der Waals surface area contributed by atoms with Crippen LogP contribution in [0.25, 0.3) is 0 Å². The van der Waals surface area contributed by atoms with E-state index < -0.39 is 5.91 Å². The Balaban J connectivity index is 2.54. The van der Waals surface area contributed by atoms with Crippen molar-refractivity contribution in [2.45, 2.75) is 6.54 Å². The third-order valence-corrected chi connectivity index (χ3v) is 1.50. The molecule has 0 aromatic carbocycles. The molecule has 0 spiro atoms. The molecule has 0 saturated carbocycles.